The number of sulfone groups is 1. The van der Waals surface area contributed by atoms with Crippen LogP contribution in [0.1, 0.15) is 12.0 Å². The van der Waals surface area contributed by atoms with Crippen molar-refractivity contribution in [2.24, 2.45) is 0 Å². The van der Waals surface area contributed by atoms with Crippen molar-refractivity contribution in [3.05, 3.63) is 34.6 Å². The van der Waals surface area contributed by atoms with Crippen LogP contribution in [0.2, 0.25) is 0 Å². The van der Waals surface area contributed by atoms with Crippen LogP contribution in [0.5, 0.6) is 0 Å². The van der Waals surface area contributed by atoms with Gasteiger partial charge in [-0.05, 0) is 25.6 Å². The summed E-state index contributed by atoms with van der Waals surface area (Å²) in [6, 6.07) is 8.03. The molecular formula is C19H25N5O3S2. The van der Waals surface area contributed by atoms with Gasteiger partial charge in [0.05, 0.1) is 11.5 Å². The van der Waals surface area contributed by atoms with Gasteiger partial charge in [-0.2, -0.15) is 5.10 Å². The first kappa shape index (κ1) is 20.2. The van der Waals surface area contributed by atoms with Crippen molar-refractivity contribution in [2.45, 2.75) is 25.9 Å². The monoisotopic (exact) mass is 435 g/mol. The molecule has 1 aromatic carbocycles. The zero-order chi connectivity index (χ0) is 20.6. The number of nitrogens with zero attached hydrogens (tertiary/aromatic N) is 4. The summed E-state index contributed by atoms with van der Waals surface area (Å²) in [5.74, 6) is 1.16. The van der Waals surface area contributed by atoms with Crippen molar-refractivity contribution in [1.82, 2.24) is 24.6 Å². The molecule has 156 valence electrons. The number of hydrogen-bond donors (Lipinski definition) is 1. The van der Waals surface area contributed by atoms with Gasteiger partial charge in [0.15, 0.2) is 20.4 Å². The molecule has 0 aliphatic carbocycles. The number of carbonyl (C=O) groups is 1. The first-order valence-corrected chi connectivity index (χ1v) is 12.0. The number of amides is 1. The van der Waals surface area contributed by atoms with Gasteiger partial charge in [0.1, 0.15) is 6.54 Å². The van der Waals surface area contributed by atoms with Crippen molar-refractivity contribution in [3.63, 3.8) is 0 Å². The predicted molar refractivity (Wildman–Crippen MR) is 113 cm³/mol. The average molecular weight is 436 g/mol. The quantitative estimate of drug-likeness (QED) is 0.727. The molecule has 10 heteroatoms. The van der Waals surface area contributed by atoms with E-state index in [9.17, 15) is 13.2 Å². The Morgan fingerprint density at radius 3 is 2.52 bits per heavy atom. The van der Waals surface area contributed by atoms with Crippen LogP contribution >= 0.6 is 12.2 Å². The lowest BCUT2D eigenvalue weighted by Crippen LogP contribution is -2.52. The Morgan fingerprint density at radius 1 is 1.21 bits per heavy atom. The Bertz CT molecular complexity index is 1050. The molecule has 1 unspecified atom stereocenters. The van der Waals surface area contributed by atoms with Crippen molar-refractivity contribution >= 4 is 28.0 Å². The van der Waals surface area contributed by atoms with Crippen molar-refractivity contribution in [3.8, 4) is 11.4 Å². The predicted octanol–water partition coefficient (Wildman–Crippen LogP) is 1.25. The van der Waals surface area contributed by atoms with Crippen LogP contribution in [0.15, 0.2) is 24.3 Å². The number of piperazine rings is 1. The number of aromatic amines is 1. The van der Waals surface area contributed by atoms with E-state index in [1.165, 1.54) is 0 Å². The first-order valence-electron chi connectivity index (χ1n) is 9.77. The molecular weight excluding hydrogens is 410 g/mol. The maximum absolute atomic E-state index is 12.9. The SMILES string of the molecule is Cc1ccc(-c2n[nH]c(=S)n2CC(=O)N2CCN(C3CCS(=O)(=O)C3)CC2)cc1. The van der Waals surface area contributed by atoms with E-state index in [0.29, 0.717) is 43.2 Å². The van der Waals surface area contributed by atoms with Gasteiger partial charge in [-0.1, -0.05) is 29.8 Å². The summed E-state index contributed by atoms with van der Waals surface area (Å²) in [7, 11) is -2.90. The minimum atomic E-state index is -2.90. The maximum atomic E-state index is 12.9. The zero-order valence-corrected chi connectivity index (χ0v) is 18.0. The summed E-state index contributed by atoms with van der Waals surface area (Å²) in [5.41, 5.74) is 2.06. The lowest BCUT2D eigenvalue weighted by molar-refractivity contribution is -0.133. The standard InChI is InChI=1S/C19H25N5O3S2/c1-14-2-4-15(5-3-14)18-20-21-19(28)24(18)12-17(25)23-9-7-22(8-10-23)16-6-11-29(26,27)13-16/h2-5,16H,6-13H2,1H3,(H,21,28). The molecule has 2 aromatic rings. The third-order valence-electron chi connectivity index (χ3n) is 5.75. The van der Waals surface area contributed by atoms with Gasteiger partial charge in [0, 0.05) is 37.8 Å². The Morgan fingerprint density at radius 2 is 1.90 bits per heavy atom. The molecule has 2 saturated heterocycles. The Labute approximate surface area is 175 Å². The molecule has 0 radical (unpaired) electrons. The molecule has 2 aliphatic heterocycles. The van der Waals surface area contributed by atoms with Crippen molar-refractivity contribution in [2.75, 3.05) is 37.7 Å². The van der Waals surface area contributed by atoms with Crippen LogP contribution in [0.3, 0.4) is 0 Å². The van der Waals surface area contributed by atoms with E-state index >= 15 is 0 Å². The number of aromatic nitrogens is 3. The van der Waals surface area contributed by atoms with Gasteiger partial charge in [-0.15, -0.1) is 0 Å². The van der Waals surface area contributed by atoms with E-state index in [2.05, 4.69) is 15.1 Å². The molecule has 0 spiro atoms. The number of aryl methyl sites for hydroxylation is 1. The van der Waals surface area contributed by atoms with Crippen LogP contribution in [-0.2, 0) is 21.2 Å². The minimum Gasteiger partial charge on any atom is -0.339 e. The fourth-order valence-corrected chi connectivity index (χ4v) is 5.98. The van der Waals surface area contributed by atoms with Crippen LogP contribution in [0, 0.1) is 11.7 Å². The van der Waals surface area contributed by atoms with Crippen molar-refractivity contribution in [1.29, 1.82) is 0 Å². The average Bonchev–Trinajstić information content (AvgIpc) is 3.25. The smallest absolute Gasteiger partial charge is 0.242 e. The van der Waals surface area contributed by atoms with E-state index in [-0.39, 0.29) is 30.0 Å². The fraction of sp³-hybridized carbons (Fsp3) is 0.526. The minimum absolute atomic E-state index is 0.00504. The molecule has 4 rings (SSSR count). The van der Waals surface area contributed by atoms with Crippen LogP contribution in [-0.4, -0.2) is 82.6 Å². The van der Waals surface area contributed by atoms with Gasteiger partial charge >= 0.3 is 0 Å². The lowest BCUT2D eigenvalue weighted by Gasteiger charge is -2.37. The summed E-state index contributed by atoms with van der Waals surface area (Å²) >= 11 is 5.34. The molecule has 1 atom stereocenters. The maximum Gasteiger partial charge on any atom is 0.242 e. The third kappa shape index (κ3) is 4.44. The van der Waals surface area contributed by atoms with E-state index < -0.39 is 9.84 Å². The van der Waals surface area contributed by atoms with Gasteiger partial charge in [0.2, 0.25) is 5.91 Å². The highest BCUT2D eigenvalue weighted by molar-refractivity contribution is 7.91. The molecule has 2 fully saturated rings. The Hall–Kier alpha value is -2.04. The van der Waals surface area contributed by atoms with Crippen molar-refractivity contribution < 1.29 is 13.2 Å². The molecule has 1 N–H and O–H groups in total. The van der Waals surface area contributed by atoms with Crippen LogP contribution in [0.4, 0.5) is 0 Å². The zero-order valence-electron chi connectivity index (χ0n) is 16.4. The second kappa shape index (κ2) is 8.00. The topological polar surface area (TPSA) is 91.3 Å². The third-order valence-corrected chi connectivity index (χ3v) is 7.82. The lowest BCUT2D eigenvalue weighted by atomic mass is 10.1. The Kier molecular flexibility index (Phi) is 5.58. The summed E-state index contributed by atoms with van der Waals surface area (Å²) in [6.07, 6.45) is 0.695. The highest BCUT2D eigenvalue weighted by atomic mass is 32.2. The van der Waals surface area contributed by atoms with Gasteiger partial charge in [-0.25, -0.2) is 8.42 Å². The molecule has 1 aromatic heterocycles. The summed E-state index contributed by atoms with van der Waals surface area (Å²) in [5, 5.41) is 7.09. The number of benzene rings is 1. The normalized spacial score (nSPS) is 22.1. The first-order chi connectivity index (χ1) is 13.8. The molecule has 0 saturated carbocycles. The van der Waals surface area contributed by atoms with Gasteiger partial charge in [-0.3, -0.25) is 19.4 Å². The van der Waals surface area contributed by atoms with Gasteiger partial charge in [0.25, 0.3) is 0 Å². The second-order valence-electron chi connectivity index (χ2n) is 7.78. The van der Waals surface area contributed by atoms with Crippen LogP contribution < -0.4 is 0 Å². The van der Waals surface area contributed by atoms with E-state index in [4.69, 9.17) is 12.2 Å². The number of nitrogens with one attached hydrogen (secondary N) is 1. The summed E-state index contributed by atoms with van der Waals surface area (Å²) in [6.45, 7) is 4.75. The van der Waals surface area contributed by atoms with E-state index in [1.807, 2.05) is 36.1 Å². The number of hydrogen-bond acceptors (Lipinski definition) is 6. The molecule has 8 nitrogen and oxygen atoms in total. The van der Waals surface area contributed by atoms with Crippen LogP contribution in [0.25, 0.3) is 11.4 Å². The summed E-state index contributed by atoms with van der Waals surface area (Å²) < 4.78 is 25.6. The molecule has 29 heavy (non-hydrogen) atoms. The highest BCUT2D eigenvalue weighted by Gasteiger charge is 2.34. The molecule has 3 heterocycles. The highest BCUT2D eigenvalue weighted by Crippen LogP contribution is 2.21. The van der Waals surface area contributed by atoms with E-state index in [1.54, 1.807) is 4.57 Å². The van der Waals surface area contributed by atoms with E-state index in [0.717, 1.165) is 11.1 Å². The Balaban J connectivity index is 1.40. The molecule has 2 aliphatic rings. The largest absolute Gasteiger partial charge is 0.339 e. The number of H-pyrrole nitrogens is 1. The number of rotatable bonds is 4. The molecule has 1 amide bonds. The number of carbonyl (C=O) groups excluding carboxylic acids is 1. The summed E-state index contributed by atoms with van der Waals surface area (Å²) in [4.78, 5) is 16.9. The molecule has 0 bridgehead atoms. The second-order valence-corrected chi connectivity index (χ2v) is 10.4. The van der Waals surface area contributed by atoms with Gasteiger partial charge < -0.3 is 4.90 Å². The fourth-order valence-electron chi connectivity index (χ4n) is 4.02.